The minimum atomic E-state index is -0.0845. The largest absolute Gasteiger partial charge is 0.314 e. The van der Waals surface area contributed by atoms with Crippen molar-refractivity contribution in [2.24, 2.45) is 0 Å². The average Bonchev–Trinajstić information content (AvgIpc) is 2.52. The van der Waals surface area contributed by atoms with Gasteiger partial charge in [0.25, 0.3) is 0 Å². The van der Waals surface area contributed by atoms with Gasteiger partial charge in [-0.05, 0) is 43.4 Å². The molecule has 1 atom stereocenters. The highest BCUT2D eigenvalue weighted by atomic mass is 35.5. The number of benzene rings is 1. The predicted octanol–water partition coefficient (Wildman–Crippen LogP) is 4.25. The van der Waals surface area contributed by atoms with Crippen LogP contribution in [0.5, 0.6) is 0 Å². The van der Waals surface area contributed by atoms with E-state index in [0.717, 1.165) is 56.6 Å². The highest BCUT2D eigenvalue weighted by Crippen LogP contribution is 2.30. The van der Waals surface area contributed by atoms with Gasteiger partial charge in [0.1, 0.15) is 5.82 Å². The maximum absolute atomic E-state index is 13.9. The Bertz CT molecular complexity index is 458. The SMILES string of the molecule is C=CCCCC[C@H](c1cccc(F)c1C)N1CCNCC1.Cl. The minimum Gasteiger partial charge on any atom is -0.314 e. The number of unbranched alkanes of at least 4 members (excludes halogenated alkanes) is 2. The van der Waals surface area contributed by atoms with E-state index >= 15 is 0 Å². The van der Waals surface area contributed by atoms with Crippen molar-refractivity contribution < 1.29 is 4.39 Å². The lowest BCUT2D eigenvalue weighted by molar-refractivity contribution is 0.162. The van der Waals surface area contributed by atoms with E-state index in [1.807, 2.05) is 19.1 Å². The van der Waals surface area contributed by atoms with Crippen molar-refractivity contribution in [1.82, 2.24) is 10.2 Å². The highest BCUT2D eigenvalue weighted by molar-refractivity contribution is 5.85. The molecule has 0 unspecified atom stereocenters. The molecule has 1 saturated heterocycles. The van der Waals surface area contributed by atoms with Gasteiger partial charge in [0.05, 0.1) is 0 Å². The van der Waals surface area contributed by atoms with Gasteiger partial charge in [-0.2, -0.15) is 0 Å². The van der Waals surface area contributed by atoms with Crippen LogP contribution in [0.2, 0.25) is 0 Å². The standard InChI is InChI=1S/C18H27FN2.ClH/c1-3-4-5-6-10-18(21-13-11-20-12-14-21)16-8-7-9-17(19)15(16)2;/h3,7-9,18,20H,1,4-6,10-14H2,2H3;1H/t18-;/m1./s1. The molecule has 0 aliphatic carbocycles. The molecule has 1 fully saturated rings. The van der Waals surface area contributed by atoms with Crippen molar-refractivity contribution in [2.75, 3.05) is 26.2 Å². The molecule has 2 rings (SSSR count). The van der Waals surface area contributed by atoms with Crippen LogP contribution >= 0.6 is 12.4 Å². The Morgan fingerprint density at radius 3 is 2.73 bits per heavy atom. The fourth-order valence-corrected chi connectivity index (χ4v) is 3.14. The lowest BCUT2D eigenvalue weighted by atomic mass is 9.94. The van der Waals surface area contributed by atoms with Crippen LogP contribution in [0.3, 0.4) is 0 Å². The monoisotopic (exact) mass is 326 g/mol. The second-order valence-electron chi connectivity index (χ2n) is 5.83. The zero-order valence-electron chi connectivity index (χ0n) is 13.5. The van der Waals surface area contributed by atoms with Gasteiger partial charge in [-0.25, -0.2) is 4.39 Å². The lowest BCUT2D eigenvalue weighted by Crippen LogP contribution is -2.45. The smallest absolute Gasteiger partial charge is 0.126 e. The Labute approximate surface area is 140 Å². The molecule has 1 N–H and O–H groups in total. The summed E-state index contributed by atoms with van der Waals surface area (Å²) in [6.45, 7) is 9.83. The number of halogens is 2. The van der Waals surface area contributed by atoms with Crippen molar-refractivity contribution >= 4 is 12.4 Å². The Balaban J connectivity index is 0.00000242. The maximum atomic E-state index is 13.9. The van der Waals surface area contributed by atoms with E-state index in [-0.39, 0.29) is 18.2 Å². The maximum Gasteiger partial charge on any atom is 0.126 e. The molecule has 0 aromatic heterocycles. The fraction of sp³-hybridized carbons (Fsp3) is 0.556. The molecule has 0 radical (unpaired) electrons. The molecule has 0 spiro atoms. The first-order valence-electron chi connectivity index (χ1n) is 8.04. The van der Waals surface area contributed by atoms with E-state index < -0.39 is 0 Å². The van der Waals surface area contributed by atoms with Crippen LogP contribution in [0.25, 0.3) is 0 Å². The van der Waals surface area contributed by atoms with Crippen LogP contribution < -0.4 is 5.32 Å². The van der Waals surface area contributed by atoms with Crippen molar-refractivity contribution in [3.05, 3.63) is 47.8 Å². The third-order valence-electron chi connectivity index (χ3n) is 4.40. The third kappa shape index (κ3) is 5.08. The molecule has 1 aromatic carbocycles. The highest BCUT2D eigenvalue weighted by Gasteiger charge is 2.23. The number of rotatable bonds is 7. The number of nitrogens with zero attached hydrogens (tertiary/aromatic N) is 1. The Morgan fingerprint density at radius 2 is 2.05 bits per heavy atom. The molecule has 0 saturated carbocycles. The third-order valence-corrected chi connectivity index (χ3v) is 4.40. The van der Waals surface area contributed by atoms with Crippen LogP contribution in [0, 0.1) is 12.7 Å². The van der Waals surface area contributed by atoms with E-state index in [4.69, 9.17) is 0 Å². The molecule has 1 aliphatic heterocycles. The summed E-state index contributed by atoms with van der Waals surface area (Å²) in [6, 6.07) is 5.84. The summed E-state index contributed by atoms with van der Waals surface area (Å²) in [7, 11) is 0. The molecule has 0 amide bonds. The molecule has 124 valence electrons. The number of hydrogen-bond acceptors (Lipinski definition) is 2. The molecule has 4 heteroatoms. The van der Waals surface area contributed by atoms with Gasteiger partial charge in [-0.3, -0.25) is 4.90 Å². The van der Waals surface area contributed by atoms with Crippen LogP contribution in [-0.2, 0) is 0 Å². The number of hydrogen-bond donors (Lipinski definition) is 1. The minimum absolute atomic E-state index is 0. The molecule has 22 heavy (non-hydrogen) atoms. The summed E-state index contributed by atoms with van der Waals surface area (Å²) >= 11 is 0. The Hall–Kier alpha value is -0.900. The number of nitrogens with one attached hydrogen (secondary N) is 1. The normalized spacial score (nSPS) is 16.8. The summed E-state index contributed by atoms with van der Waals surface area (Å²) in [6.07, 6.45) is 6.47. The van der Waals surface area contributed by atoms with Crippen LogP contribution in [0.4, 0.5) is 4.39 Å². The molecular weight excluding hydrogens is 299 g/mol. The average molecular weight is 327 g/mol. The predicted molar refractivity (Wildman–Crippen MR) is 94.2 cm³/mol. The fourth-order valence-electron chi connectivity index (χ4n) is 3.14. The quantitative estimate of drug-likeness (QED) is 0.595. The van der Waals surface area contributed by atoms with E-state index in [2.05, 4.69) is 22.9 Å². The second kappa shape index (κ2) is 9.98. The van der Waals surface area contributed by atoms with Crippen LogP contribution in [0.1, 0.15) is 42.9 Å². The topological polar surface area (TPSA) is 15.3 Å². The lowest BCUT2D eigenvalue weighted by Gasteiger charge is -2.36. The van der Waals surface area contributed by atoms with Gasteiger partial charge < -0.3 is 5.32 Å². The Morgan fingerprint density at radius 1 is 1.32 bits per heavy atom. The van der Waals surface area contributed by atoms with Gasteiger partial charge >= 0.3 is 0 Å². The Kier molecular flexibility index (Phi) is 8.69. The van der Waals surface area contributed by atoms with Gasteiger partial charge in [0.15, 0.2) is 0 Å². The summed E-state index contributed by atoms with van der Waals surface area (Å²) < 4.78 is 13.9. The van der Waals surface area contributed by atoms with E-state index in [1.165, 1.54) is 6.42 Å². The number of allylic oxidation sites excluding steroid dienone is 1. The first-order chi connectivity index (χ1) is 10.2. The first kappa shape index (κ1) is 19.1. The van der Waals surface area contributed by atoms with Gasteiger partial charge in [0, 0.05) is 32.2 Å². The van der Waals surface area contributed by atoms with Crippen LogP contribution in [0.15, 0.2) is 30.9 Å². The van der Waals surface area contributed by atoms with Crippen LogP contribution in [-0.4, -0.2) is 31.1 Å². The number of piperazine rings is 1. The molecule has 1 heterocycles. The first-order valence-corrected chi connectivity index (χ1v) is 8.04. The summed E-state index contributed by atoms with van der Waals surface area (Å²) in [4.78, 5) is 2.51. The molecular formula is C18H28ClFN2. The van der Waals surface area contributed by atoms with Gasteiger partial charge in [0.2, 0.25) is 0 Å². The van der Waals surface area contributed by atoms with Crippen molar-refractivity contribution in [3.63, 3.8) is 0 Å². The molecule has 2 nitrogen and oxygen atoms in total. The van der Waals surface area contributed by atoms with E-state index in [0.29, 0.717) is 6.04 Å². The van der Waals surface area contributed by atoms with Gasteiger partial charge in [-0.15, -0.1) is 19.0 Å². The van der Waals surface area contributed by atoms with Crippen molar-refractivity contribution in [1.29, 1.82) is 0 Å². The summed E-state index contributed by atoms with van der Waals surface area (Å²) in [5.74, 6) is -0.0845. The zero-order valence-corrected chi connectivity index (χ0v) is 14.3. The van der Waals surface area contributed by atoms with Gasteiger partial charge in [-0.1, -0.05) is 24.6 Å². The van der Waals surface area contributed by atoms with Crippen molar-refractivity contribution in [2.45, 2.75) is 38.6 Å². The summed E-state index contributed by atoms with van der Waals surface area (Å²) in [5, 5.41) is 3.39. The second-order valence-corrected chi connectivity index (χ2v) is 5.83. The zero-order chi connectivity index (χ0) is 15.1. The van der Waals surface area contributed by atoms with Crippen molar-refractivity contribution in [3.8, 4) is 0 Å². The van der Waals surface area contributed by atoms with E-state index in [9.17, 15) is 4.39 Å². The van der Waals surface area contributed by atoms with E-state index in [1.54, 1.807) is 6.07 Å². The summed E-state index contributed by atoms with van der Waals surface area (Å²) in [5.41, 5.74) is 1.97. The molecule has 1 aliphatic rings. The molecule has 0 bridgehead atoms. The molecule has 1 aromatic rings.